The highest BCUT2D eigenvalue weighted by atomic mass is 15.3. The van der Waals surface area contributed by atoms with Gasteiger partial charge in [-0.15, -0.1) is 0 Å². The van der Waals surface area contributed by atoms with Gasteiger partial charge in [0, 0.05) is 25.8 Å². The van der Waals surface area contributed by atoms with E-state index >= 15 is 0 Å². The summed E-state index contributed by atoms with van der Waals surface area (Å²) < 4.78 is 0. The third kappa shape index (κ3) is 2.71. The van der Waals surface area contributed by atoms with Crippen molar-refractivity contribution >= 4 is 28.5 Å². The molecule has 2 aliphatic rings. The number of H-pyrrole nitrogens is 1. The van der Waals surface area contributed by atoms with Crippen LogP contribution >= 0.6 is 0 Å². The quantitative estimate of drug-likeness (QED) is 0.733. The average molecular weight is 364 g/mol. The van der Waals surface area contributed by atoms with E-state index in [0.717, 1.165) is 73.1 Å². The van der Waals surface area contributed by atoms with Crippen molar-refractivity contribution in [3.8, 4) is 0 Å². The second-order valence-corrected chi connectivity index (χ2v) is 7.88. The summed E-state index contributed by atoms with van der Waals surface area (Å²) >= 11 is 0. The molecule has 1 saturated heterocycles. The van der Waals surface area contributed by atoms with Crippen LogP contribution in [0.1, 0.15) is 25.5 Å². The van der Waals surface area contributed by atoms with Crippen molar-refractivity contribution in [3.63, 3.8) is 0 Å². The fourth-order valence-electron chi connectivity index (χ4n) is 4.12. The van der Waals surface area contributed by atoms with E-state index in [2.05, 4.69) is 38.0 Å². The number of anilines is 3. The topological polar surface area (TPSA) is 99.9 Å². The highest BCUT2D eigenvalue weighted by molar-refractivity contribution is 5.87. The van der Waals surface area contributed by atoms with Crippen molar-refractivity contribution in [2.24, 2.45) is 11.1 Å². The van der Waals surface area contributed by atoms with Gasteiger partial charge >= 0.3 is 0 Å². The molecule has 140 valence electrons. The lowest BCUT2D eigenvalue weighted by molar-refractivity contribution is 0.383. The van der Waals surface area contributed by atoms with Crippen molar-refractivity contribution in [2.45, 2.75) is 26.2 Å². The molecule has 8 heteroatoms. The van der Waals surface area contributed by atoms with E-state index in [9.17, 15) is 0 Å². The normalized spacial score (nSPS) is 22.4. The number of pyridine rings is 1. The number of fused-ring (bicyclic) bond motifs is 2. The molecule has 5 heterocycles. The summed E-state index contributed by atoms with van der Waals surface area (Å²) in [5.74, 6) is 1.71. The SMILES string of the molecule is CC1(CN)CCN(c2cnc3c(N4CCCc5ncccc54)n[nH]c3n2)C1. The largest absolute Gasteiger partial charge is 0.355 e. The number of nitrogens with zero attached hydrogens (tertiary/aromatic N) is 6. The number of hydrogen-bond donors (Lipinski definition) is 2. The van der Waals surface area contributed by atoms with Crippen LogP contribution in [-0.4, -0.2) is 51.3 Å². The van der Waals surface area contributed by atoms with Crippen LogP contribution in [-0.2, 0) is 6.42 Å². The lowest BCUT2D eigenvalue weighted by atomic mass is 9.90. The van der Waals surface area contributed by atoms with E-state index in [1.807, 2.05) is 18.5 Å². The number of hydrogen-bond acceptors (Lipinski definition) is 7. The molecule has 5 rings (SSSR count). The second kappa shape index (κ2) is 6.16. The van der Waals surface area contributed by atoms with Crippen LogP contribution < -0.4 is 15.5 Å². The van der Waals surface area contributed by atoms with E-state index in [1.54, 1.807) is 0 Å². The standard InChI is InChI=1S/C19H24N8/c1-19(11-20)6-9-26(12-19)15-10-22-16-17(23-15)24-25-18(16)27-8-3-4-13-14(27)5-2-7-21-13/h2,5,7,10H,3-4,6,8-9,11-12,20H2,1H3,(H,23,24,25). The summed E-state index contributed by atoms with van der Waals surface area (Å²) in [6.07, 6.45) is 6.84. The highest BCUT2D eigenvalue weighted by Crippen LogP contribution is 2.35. The van der Waals surface area contributed by atoms with E-state index in [0.29, 0.717) is 6.54 Å². The Balaban J connectivity index is 1.49. The Labute approximate surface area is 157 Å². The molecule has 1 fully saturated rings. The monoisotopic (exact) mass is 364 g/mol. The lowest BCUT2D eigenvalue weighted by Gasteiger charge is -2.28. The van der Waals surface area contributed by atoms with Crippen LogP contribution in [0.2, 0.25) is 0 Å². The van der Waals surface area contributed by atoms with Crippen molar-refractivity contribution in [1.29, 1.82) is 0 Å². The minimum Gasteiger partial charge on any atom is -0.355 e. The molecule has 27 heavy (non-hydrogen) atoms. The molecular formula is C19H24N8. The van der Waals surface area contributed by atoms with E-state index in [1.165, 1.54) is 0 Å². The smallest absolute Gasteiger partial charge is 0.183 e. The first kappa shape index (κ1) is 16.4. The van der Waals surface area contributed by atoms with Gasteiger partial charge in [-0.05, 0) is 43.4 Å². The van der Waals surface area contributed by atoms with Crippen LogP contribution in [0.25, 0.3) is 11.2 Å². The van der Waals surface area contributed by atoms with Gasteiger partial charge in [0.1, 0.15) is 5.82 Å². The van der Waals surface area contributed by atoms with Crippen LogP contribution in [0.4, 0.5) is 17.3 Å². The van der Waals surface area contributed by atoms with Crippen LogP contribution in [0.3, 0.4) is 0 Å². The van der Waals surface area contributed by atoms with Gasteiger partial charge in [0.15, 0.2) is 17.0 Å². The van der Waals surface area contributed by atoms with E-state index < -0.39 is 0 Å². The fourth-order valence-corrected chi connectivity index (χ4v) is 4.12. The Morgan fingerprint density at radius 1 is 1.30 bits per heavy atom. The number of aryl methyl sites for hydroxylation is 1. The van der Waals surface area contributed by atoms with Gasteiger partial charge in [0.25, 0.3) is 0 Å². The molecule has 0 saturated carbocycles. The molecule has 0 amide bonds. The Morgan fingerprint density at radius 2 is 2.22 bits per heavy atom. The fraction of sp³-hybridized carbons (Fsp3) is 0.474. The molecule has 3 aromatic rings. The summed E-state index contributed by atoms with van der Waals surface area (Å²) in [5, 5.41) is 7.62. The van der Waals surface area contributed by atoms with Crippen molar-refractivity contribution in [2.75, 3.05) is 36.0 Å². The zero-order chi connectivity index (χ0) is 18.4. The van der Waals surface area contributed by atoms with Gasteiger partial charge in [-0.25, -0.2) is 9.97 Å². The van der Waals surface area contributed by atoms with Gasteiger partial charge in [-0.2, -0.15) is 5.10 Å². The molecule has 8 nitrogen and oxygen atoms in total. The predicted molar refractivity (Wildman–Crippen MR) is 105 cm³/mol. The summed E-state index contributed by atoms with van der Waals surface area (Å²) in [6.45, 7) is 5.70. The van der Waals surface area contributed by atoms with E-state index in [4.69, 9.17) is 15.7 Å². The molecule has 0 aliphatic carbocycles. The number of rotatable bonds is 3. The predicted octanol–water partition coefficient (Wildman–Crippen LogP) is 2.01. The maximum atomic E-state index is 5.93. The number of nitrogens with one attached hydrogen (secondary N) is 1. The third-order valence-corrected chi connectivity index (χ3v) is 5.82. The van der Waals surface area contributed by atoms with Crippen LogP contribution in [0, 0.1) is 5.41 Å². The molecule has 1 atom stereocenters. The number of aromatic amines is 1. The zero-order valence-electron chi connectivity index (χ0n) is 15.5. The first-order chi connectivity index (χ1) is 13.2. The molecule has 0 aromatic carbocycles. The number of nitrogens with two attached hydrogens (primary N) is 1. The minimum absolute atomic E-state index is 0.153. The average Bonchev–Trinajstić information content (AvgIpc) is 3.31. The molecule has 3 aromatic heterocycles. The Bertz CT molecular complexity index is 983. The maximum absolute atomic E-state index is 5.93. The van der Waals surface area contributed by atoms with Crippen LogP contribution in [0.5, 0.6) is 0 Å². The summed E-state index contributed by atoms with van der Waals surface area (Å²) in [4.78, 5) is 18.5. The van der Waals surface area contributed by atoms with Crippen molar-refractivity contribution in [3.05, 3.63) is 30.2 Å². The third-order valence-electron chi connectivity index (χ3n) is 5.82. The van der Waals surface area contributed by atoms with Crippen molar-refractivity contribution < 1.29 is 0 Å². The van der Waals surface area contributed by atoms with Crippen LogP contribution in [0.15, 0.2) is 24.5 Å². The van der Waals surface area contributed by atoms with Crippen molar-refractivity contribution in [1.82, 2.24) is 25.1 Å². The van der Waals surface area contributed by atoms with Gasteiger partial charge in [0.05, 0.1) is 17.6 Å². The summed E-state index contributed by atoms with van der Waals surface area (Å²) in [5.41, 5.74) is 9.84. The zero-order valence-corrected chi connectivity index (χ0v) is 15.5. The molecule has 2 aliphatic heterocycles. The molecule has 3 N–H and O–H groups in total. The first-order valence-corrected chi connectivity index (χ1v) is 9.54. The first-order valence-electron chi connectivity index (χ1n) is 9.54. The summed E-state index contributed by atoms with van der Waals surface area (Å²) in [7, 11) is 0. The Morgan fingerprint density at radius 3 is 3.07 bits per heavy atom. The molecule has 1 unspecified atom stereocenters. The minimum atomic E-state index is 0.153. The van der Waals surface area contributed by atoms with Gasteiger partial charge in [0.2, 0.25) is 0 Å². The Hall–Kier alpha value is -2.74. The summed E-state index contributed by atoms with van der Waals surface area (Å²) in [6, 6.07) is 4.07. The Kier molecular flexibility index (Phi) is 3.75. The molecule has 0 bridgehead atoms. The number of aromatic nitrogens is 5. The van der Waals surface area contributed by atoms with Gasteiger partial charge in [-0.3, -0.25) is 10.1 Å². The highest BCUT2D eigenvalue weighted by Gasteiger charge is 2.33. The molecular weight excluding hydrogens is 340 g/mol. The molecule has 0 radical (unpaired) electrons. The maximum Gasteiger partial charge on any atom is 0.183 e. The van der Waals surface area contributed by atoms with E-state index in [-0.39, 0.29) is 5.41 Å². The van der Waals surface area contributed by atoms with Gasteiger partial charge in [-0.1, -0.05) is 6.92 Å². The second-order valence-electron chi connectivity index (χ2n) is 7.88. The molecule has 0 spiro atoms. The lowest BCUT2D eigenvalue weighted by Crippen LogP contribution is -2.31. The van der Waals surface area contributed by atoms with Gasteiger partial charge < -0.3 is 15.5 Å².